The van der Waals surface area contributed by atoms with E-state index in [-0.39, 0.29) is 0 Å². The summed E-state index contributed by atoms with van der Waals surface area (Å²) in [6.45, 7) is 7.45. The molecule has 0 saturated heterocycles. The highest BCUT2D eigenvalue weighted by Crippen LogP contribution is 2.09. The summed E-state index contributed by atoms with van der Waals surface area (Å²) in [6.07, 6.45) is 6.56. The van der Waals surface area contributed by atoms with Gasteiger partial charge in [0.25, 0.3) is 0 Å². The highest BCUT2D eigenvalue weighted by Gasteiger charge is 1.96. The van der Waals surface area contributed by atoms with Gasteiger partial charge in [0.2, 0.25) is 0 Å². The predicted molar refractivity (Wildman–Crippen MR) is 53.4 cm³/mol. The van der Waals surface area contributed by atoms with Crippen molar-refractivity contribution in [3.8, 4) is 0 Å². The lowest BCUT2D eigenvalue weighted by Crippen LogP contribution is -1.93. The summed E-state index contributed by atoms with van der Waals surface area (Å²) in [7, 11) is 0. The molecule has 0 heterocycles. The lowest BCUT2D eigenvalue weighted by atomic mass is 10.1. The van der Waals surface area contributed by atoms with Crippen molar-refractivity contribution < 1.29 is 9.90 Å². The fraction of sp³-hybridized carbons (Fsp3) is 0.727. The molecule has 2 heteroatoms. The molecule has 1 radical (unpaired) electrons. The molecule has 0 unspecified atom stereocenters. The van der Waals surface area contributed by atoms with Crippen LogP contribution in [0.2, 0.25) is 0 Å². The molecule has 0 fully saturated rings. The molecule has 0 saturated carbocycles. The maximum atomic E-state index is 10.2. The minimum absolute atomic E-state index is 0.308. The van der Waals surface area contributed by atoms with Crippen LogP contribution in [0.15, 0.2) is 5.57 Å². The molecule has 0 aliphatic heterocycles. The van der Waals surface area contributed by atoms with Crippen molar-refractivity contribution in [3.63, 3.8) is 0 Å². The van der Waals surface area contributed by atoms with Gasteiger partial charge in [-0.15, -0.1) is 0 Å². The summed E-state index contributed by atoms with van der Waals surface area (Å²) in [4.78, 5) is 10.2. The summed E-state index contributed by atoms with van der Waals surface area (Å²) in [5, 5.41) is 8.37. The van der Waals surface area contributed by atoms with Gasteiger partial charge in [-0.2, -0.15) is 0 Å². The number of hydrogen-bond donors (Lipinski definition) is 1. The summed E-state index contributed by atoms with van der Waals surface area (Å²) >= 11 is 0. The van der Waals surface area contributed by atoms with Crippen molar-refractivity contribution in [2.24, 2.45) is 0 Å². The van der Waals surface area contributed by atoms with Crippen LogP contribution in [0.1, 0.15) is 51.9 Å². The quantitative estimate of drug-likeness (QED) is 0.587. The zero-order valence-electron chi connectivity index (χ0n) is 8.38. The van der Waals surface area contributed by atoms with Gasteiger partial charge in [0.15, 0.2) is 0 Å². The van der Waals surface area contributed by atoms with Crippen LogP contribution in [0.25, 0.3) is 0 Å². The van der Waals surface area contributed by atoms with Crippen molar-refractivity contribution in [2.45, 2.75) is 51.9 Å². The smallest absolute Gasteiger partial charge is 0.303 e. The number of hydrogen-bond acceptors (Lipinski definition) is 1. The van der Waals surface area contributed by atoms with Crippen LogP contribution in [0.4, 0.5) is 0 Å². The van der Waals surface area contributed by atoms with Crippen LogP contribution in [-0.2, 0) is 4.79 Å². The zero-order chi connectivity index (χ0) is 10.1. The SMILES string of the molecule is [CH]=C(C)CCCCCCCC(=O)O. The Morgan fingerprint density at radius 2 is 1.54 bits per heavy atom. The Kier molecular flexibility index (Phi) is 7.36. The van der Waals surface area contributed by atoms with Crippen molar-refractivity contribution in [1.29, 1.82) is 0 Å². The largest absolute Gasteiger partial charge is 0.481 e. The van der Waals surface area contributed by atoms with Crippen LogP contribution in [0, 0.1) is 6.58 Å². The molecular weight excluding hydrogens is 164 g/mol. The van der Waals surface area contributed by atoms with Gasteiger partial charge >= 0.3 is 5.97 Å². The molecule has 75 valence electrons. The van der Waals surface area contributed by atoms with Gasteiger partial charge < -0.3 is 5.11 Å². The van der Waals surface area contributed by atoms with Gasteiger partial charge in [-0.3, -0.25) is 4.79 Å². The van der Waals surface area contributed by atoms with Crippen LogP contribution in [-0.4, -0.2) is 11.1 Å². The molecule has 0 aliphatic rings. The third-order valence-corrected chi connectivity index (χ3v) is 1.96. The maximum absolute atomic E-state index is 10.2. The fourth-order valence-electron chi connectivity index (χ4n) is 1.21. The van der Waals surface area contributed by atoms with Gasteiger partial charge in [0.1, 0.15) is 0 Å². The summed E-state index contributed by atoms with van der Waals surface area (Å²) < 4.78 is 0. The van der Waals surface area contributed by atoms with Crippen LogP contribution < -0.4 is 0 Å². The highest BCUT2D eigenvalue weighted by atomic mass is 16.4. The topological polar surface area (TPSA) is 37.3 Å². The van der Waals surface area contributed by atoms with Gasteiger partial charge in [0.05, 0.1) is 0 Å². The monoisotopic (exact) mass is 183 g/mol. The number of carbonyl (C=O) groups is 1. The Morgan fingerprint density at radius 3 is 2.00 bits per heavy atom. The average Bonchev–Trinajstić information content (AvgIpc) is 2.01. The molecule has 2 nitrogen and oxygen atoms in total. The first-order valence-corrected chi connectivity index (χ1v) is 4.92. The zero-order valence-corrected chi connectivity index (χ0v) is 8.38. The van der Waals surface area contributed by atoms with E-state index in [9.17, 15) is 4.79 Å². The minimum atomic E-state index is -0.689. The Bertz CT molecular complexity index is 143. The first kappa shape index (κ1) is 12.2. The van der Waals surface area contributed by atoms with Gasteiger partial charge in [-0.1, -0.05) is 31.4 Å². The van der Waals surface area contributed by atoms with E-state index < -0.39 is 5.97 Å². The highest BCUT2D eigenvalue weighted by molar-refractivity contribution is 5.66. The van der Waals surface area contributed by atoms with E-state index in [4.69, 9.17) is 11.7 Å². The molecule has 0 rings (SSSR count). The maximum Gasteiger partial charge on any atom is 0.303 e. The molecule has 1 N–H and O–H groups in total. The number of aliphatic carboxylic acids is 1. The summed E-state index contributed by atoms with van der Waals surface area (Å²) in [5.74, 6) is -0.689. The third-order valence-electron chi connectivity index (χ3n) is 1.96. The van der Waals surface area contributed by atoms with Gasteiger partial charge in [0, 0.05) is 6.42 Å². The Morgan fingerprint density at radius 1 is 1.08 bits per heavy atom. The van der Waals surface area contributed by atoms with Crippen LogP contribution >= 0.6 is 0 Å². The van der Waals surface area contributed by atoms with Crippen molar-refractivity contribution >= 4 is 5.97 Å². The van der Waals surface area contributed by atoms with E-state index in [2.05, 4.69) is 0 Å². The molecule has 0 aromatic carbocycles. The second kappa shape index (κ2) is 7.84. The van der Waals surface area contributed by atoms with E-state index in [1.165, 1.54) is 0 Å². The normalized spacial score (nSPS) is 9.92. The van der Waals surface area contributed by atoms with Crippen molar-refractivity contribution in [2.75, 3.05) is 0 Å². The number of carboxylic acids is 1. The molecule has 0 aliphatic carbocycles. The predicted octanol–water partition coefficient (Wildman–Crippen LogP) is 3.18. The first-order valence-electron chi connectivity index (χ1n) is 4.92. The van der Waals surface area contributed by atoms with E-state index in [1.54, 1.807) is 0 Å². The van der Waals surface area contributed by atoms with Crippen molar-refractivity contribution in [3.05, 3.63) is 12.2 Å². The average molecular weight is 183 g/mol. The second-order valence-electron chi connectivity index (χ2n) is 3.51. The lowest BCUT2D eigenvalue weighted by Gasteiger charge is -1.99. The van der Waals surface area contributed by atoms with Crippen molar-refractivity contribution in [1.82, 2.24) is 0 Å². The Labute approximate surface area is 80.7 Å². The molecule has 0 spiro atoms. The molecule has 0 bridgehead atoms. The molecule has 0 aromatic heterocycles. The number of allylic oxidation sites excluding steroid dienone is 1. The second-order valence-corrected chi connectivity index (χ2v) is 3.51. The molecule has 13 heavy (non-hydrogen) atoms. The Balaban J connectivity index is 3.00. The third kappa shape index (κ3) is 11.2. The summed E-state index contributed by atoms with van der Waals surface area (Å²) in [5.41, 5.74) is 0.991. The standard InChI is InChI=1S/C11H19O2/c1-10(2)8-6-4-3-5-7-9-11(12)13/h1H,3-9H2,2H3,(H,12,13). The van der Waals surface area contributed by atoms with E-state index in [0.717, 1.165) is 44.1 Å². The van der Waals surface area contributed by atoms with E-state index in [0.29, 0.717) is 6.42 Å². The lowest BCUT2D eigenvalue weighted by molar-refractivity contribution is -0.137. The minimum Gasteiger partial charge on any atom is -0.481 e. The van der Waals surface area contributed by atoms with Crippen LogP contribution in [0.5, 0.6) is 0 Å². The molecule has 0 aromatic rings. The molecular formula is C11H19O2. The fourth-order valence-corrected chi connectivity index (χ4v) is 1.21. The van der Waals surface area contributed by atoms with Gasteiger partial charge in [-0.05, 0) is 26.2 Å². The number of unbranched alkanes of at least 4 members (excludes halogenated alkanes) is 4. The van der Waals surface area contributed by atoms with Gasteiger partial charge in [-0.25, -0.2) is 0 Å². The number of carboxylic acid groups (broad SMARTS) is 1. The molecule has 0 amide bonds. The van der Waals surface area contributed by atoms with E-state index in [1.807, 2.05) is 6.92 Å². The molecule has 0 atom stereocenters. The van der Waals surface area contributed by atoms with E-state index >= 15 is 0 Å². The number of rotatable bonds is 8. The summed E-state index contributed by atoms with van der Waals surface area (Å²) in [6, 6.07) is 0. The van der Waals surface area contributed by atoms with Crippen LogP contribution in [0.3, 0.4) is 0 Å². The Hall–Kier alpha value is -0.790. The first-order chi connectivity index (χ1) is 6.13.